The topological polar surface area (TPSA) is 55.8 Å². The first-order chi connectivity index (χ1) is 37.0. The van der Waals surface area contributed by atoms with E-state index in [1.54, 1.807) is 11.1 Å². The molecule has 6 saturated carbocycles. The first-order valence-corrected chi connectivity index (χ1v) is 33.3. The van der Waals surface area contributed by atoms with E-state index in [1.165, 1.54) is 151 Å². The molecular weight excluding hydrogens is 943 g/mol. The highest BCUT2D eigenvalue weighted by Crippen LogP contribution is 2.61. The van der Waals surface area contributed by atoms with Gasteiger partial charge < -0.3 is 14.4 Å². The largest absolute Gasteiger partial charge is 0.462 e. The molecule has 0 bridgehead atoms. The predicted octanol–water partition coefficient (Wildman–Crippen LogP) is 20.4. The van der Waals surface area contributed by atoms with Gasteiger partial charge in [0.25, 0.3) is 0 Å². The van der Waals surface area contributed by atoms with Crippen molar-refractivity contribution in [3.05, 3.63) is 70.9 Å². The number of nitrogens with zero attached hydrogens (tertiary/aromatic N) is 1. The number of esters is 2. The summed E-state index contributed by atoms with van der Waals surface area (Å²) in [7, 11) is 0. The minimum absolute atomic E-state index is 0.0213. The lowest BCUT2D eigenvalue weighted by molar-refractivity contribution is -0.150. The van der Waals surface area contributed by atoms with E-state index in [4.69, 9.17) is 9.47 Å². The van der Waals surface area contributed by atoms with Crippen molar-refractivity contribution in [2.24, 2.45) is 58.2 Å². The minimum Gasteiger partial charge on any atom is -0.462 e. The van der Waals surface area contributed by atoms with Gasteiger partial charge in [-0.05, 0) is 211 Å². The van der Waals surface area contributed by atoms with Gasteiger partial charge in [0.1, 0.15) is 12.2 Å². The van der Waals surface area contributed by atoms with Gasteiger partial charge in [-0.3, -0.25) is 9.59 Å². The highest BCUT2D eigenvalue weighted by molar-refractivity contribution is 5.70. The van der Waals surface area contributed by atoms with Crippen LogP contribution in [-0.2, 0) is 19.1 Å². The molecule has 77 heavy (non-hydrogen) atoms. The average molecular weight is 1060 g/mol. The van der Waals surface area contributed by atoms with Crippen molar-refractivity contribution in [2.45, 2.75) is 293 Å². The Morgan fingerprint density at radius 2 is 0.948 bits per heavy atom. The van der Waals surface area contributed by atoms with E-state index in [0.29, 0.717) is 35.5 Å². The van der Waals surface area contributed by atoms with Crippen LogP contribution in [0.5, 0.6) is 0 Å². The Kier molecular flexibility index (Phi) is 26.5. The zero-order valence-electron chi connectivity index (χ0n) is 51.7. The summed E-state index contributed by atoms with van der Waals surface area (Å²) >= 11 is 0. The summed E-state index contributed by atoms with van der Waals surface area (Å²) in [5.41, 5.74) is 9.27. The molecule has 5 nitrogen and oxygen atoms in total. The van der Waals surface area contributed by atoms with Crippen molar-refractivity contribution < 1.29 is 19.1 Å². The molecule has 5 heteroatoms. The molecule has 6 aliphatic carbocycles. The number of fused-ring (bicyclic) bond motifs is 2. The molecule has 0 amide bonds. The predicted molar refractivity (Wildman–Crippen MR) is 328 cm³/mol. The Balaban J connectivity index is 0.827. The van der Waals surface area contributed by atoms with Crippen molar-refractivity contribution in [1.29, 1.82) is 0 Å². The molecular formula is C72H119NO4. The van der Waals surface area contributed by atoms with Gasteiger partial charge >= 0.3 is 11.9 Å². The molecule has 0 N–H and O–H groups in total. The summed E-state index contributed by atoms with van der Waals surface area (Å²) < 4.78 is 12.2. The molecule has 6 fully saturated rings. The molecule has 436 valence electrons. The van der Waals surface area contributed by atoms with Crippen LogP contribution in [0.3, 0.4) is 0 Å². The van der Waals surface area contributed by atoms with Crippen LogP contribution >= 0.6 is 0 Å². The molecule has 0 aromatic rings. The fraction of sp³-hybridized carbons (Fsp3) is 0.806. The normalized spacial score (nSPS) is 30.8. The lowest BCUT2D eigenvalue weighted by Crippen LogP contribution is -2.36. The van der Waals surface area contributed by atoms with Gasteiger partial charge in [0.15, 0.2) is 0 Å². The Bertz CT molecular complexity index is 1850. The van der Waals surface area contributed by atoms with Crippen molar-refractivity contribution in [1.82, 2.24) is 4.90 Å². The summed E-state index contributed by atoms with van der Waals surface area (Å²) in [5.74, 6) is 6.33. The van der Waals surface area contributed by atoms with Crippen LogP contribution in [0.25, 0.3) is 0 Å². The Hall–Kier alpha value is -2.66. The molecule has 6 rings (SSSR count). The number of unbranched alkanes of at least 4 members (excludes halogenated alkanes) is 7. The van der Waals surface area contributed by atoms with Crippen LogP contribution in [0, 0.1) is 58.2 Å². The van der Waals surface area contributed by atoms with Crippen LogP contribution in [0.1, 0.15) is 281 Å². The van der Waals surface area contributed by atoms with Gasteiger partial charge in [0.2, 0.25) is 0 Å². The number of ether oxygens (including phenoxy) is 2. The van der Waals surface area contributed by atoms with Crippen LogP contribution in [-0.4, -0.2) is 48.7 Å². The van der Waals surface area contributed by atoms with E-state index < -0.39 is 0 Å². The number of rotatable bonds is 31. The molecule has 0 heterocycles. The number of carbonyl (C=O) groups is 2. The zero-order chi connectivity index (χ0) is 55.4. The van der Waals surface area contributed by atoms with Crippen LogP contribution in [0.4, 0.5) is 0 Å². The SMILES string of the molecule is C=C1CCC(OC(=O)CCCCCCN(CCCC)CCCCCCC(=O)OC2CCC(=C)/C(=C\C=C3/CCCC4(C)C3CCC4C(C)CCCC(C)C)C2)C/C1=C/C=C1\CCCC2(C)C1CCC2C(C)CCCC(C)C. The van der Waals surface area contributed by atoms with Crippen molar-refractivity contribution in [3.63, 3.8) is 0 Å². The summed E-state index contributed by atoms with van der Waals surface area (Å²) in [4.78, 5) is 28.8. The van der Waals surface area contributed by atoms with Gasteiger partial charge in [-0.25, -0.2) is 0 Å². The minimum atomic E-state index is -0.0262. The van der Waals surface area contributed by atoms with Gasteiger partial charge in [0, 0.05) is 25.7 Å². The van der Waals surface area contributed by atoms with Crippen LogP contribution < -0.4 is 0 Å². The molecule has 0 saturated heterocycles. The van der Waals surface area contributed by atoms with E-state index in [-0.39, 0.29) is 24.1 Å². The fourth-order valence-electron chi connectivity index (χ4n) is 16.6. The molecule has 6 aliphatic rings. The van der Waals surface area contributed by atoms with Gasteiger partial charge in [-0.1, -0.05) is 193 Å². The highest BCUT2D eigenvalue weighted by atomic mass is 16.5. The van der Waals surface area contributed by atoms with Gasteiger partial charge in [-0.15, -0.1) is 0 Å². The monoisotopic (exact) mass is 1060 g/mol. The lowest BCUT2D eigenvalue weighted by atomic mass is 9.60. The molecule has 0 aliphatic heterocycles. The number of hydrogen-bond donors (Lipinski definition) is 0. The average Bonchev–Trinajstić information content (AvgIpc) is 3.96. The third-order valence-electron chi connectivity index (χ3n) is 21.3. The number of hydrogen-bond acceptors (Lipinski definition) is 5. The summed E-state index contributed by atoms with van der Waals surface area (Å²) in [6, 6.07) is 0. The van der Waals surface area contributed by atoms with E-state index in [1.807, 2.05) is 0 Å². The van der Waals surface area contributed by atoms with Crippen LogP contribution in [0.15, 0.2) is 70.9 Å². The molecule has 0 aromatic carbocycles. The van der Waals surface area contributed by atoms with E-state index in [9.17, 15) is 9.59 Å². The highest BCUT2D eigenvalue weighted by Gasteiger charge is 2.51. The Morgan fingerprint density at radius 3 is 1.36 bits per heavy atom. The summed E-state index contributed by atoms with van der Waals surface area (Å²) in [6.07, 6.45) is 48.6. The third kappa shape index (κ3) is 19.2. The summed E-state index contributed by atoms with van der Waals surface area (Å²) in [6.45, 7) is 34.4. The molecule has 0 spiro atoms. The van der Waals surface area contributed by atoms with Crippen molar-refractivity contribution in [2.75, 3.05) is 19.6 Å². The van der Waals surface area contributed by atoms with Crippen molar-refractivity contribution in [3.8, 4) is 0 Å². The first-order valence-electron chi connectivity index (χ1n) is 33.3. The summed E-state index contributed by atoms with van der Waals surface area (Å²) in [5, 5.41) is 0. The zero-order valence-corrected chi connectivity index (χ0v) is 51.7. The second-order valence-corrected chi connectivity index (χ2v) is 28.1. The Morgan fingerprint density at radius 1 is 0.532 bits per heavy atom. The Labute approximate surface area is 475 Å². The molecule has 10 atom stereocenters. The first kappa shape index (κ1) is 63.5. The number of carbonyl (C=O) groups excluding carboxylic acids is 2. The number of allylic oxidation sites excluding steroid dienone is 8. The van der Waals surface area contributed by atoms with E-state index in [2.05, 4.69) is 105 Å². The fourth-order valence-corrected chi connectivity index (χ4v) is 16.6. The van der Waals surface area contributed by atoms with E-state index in [0.717, 1.165) is 132 Å². The maximum Gasteiger partial charge on any atom is 0.306 e. The smallest absolute Gasteiger partial charge is 0.306 e. The maximum atomic E-state index is 13.1. The van der Waals surface area contributed by atoms with Gasteiger partial charge in [0.05, 0.1) is 0 Å². The lowest BCUT2D eigenvalue weighted by Gasteiger charge is -2.44. The standard InChI is InChI=1S/C72H119NO4/c1-12-13-48-73(49-20-16-14-18-32-69(74)76-63-40-34-55(6)61(51-63)38-36-59-30-24-46-71(10)65(42-44-67(59)71)57(8)28-22-26-53(2)3)50-21-17-15-19-33-70(75)77-64-41-35-56(7)62(52-64)39-37-60-31-25-47-72(11)66(43-45-68(60)72)58(9)29-23-27-54(4)5/h36-39,53-54,57-58,63-68H,6-7,12-35,40-52H2,1-5,8-11H3/b59-36+,60-37+,61-38-,62-39-. The van der Waals surface area contributed by atoms with Crippen LogP contribution in [0.2, 0.25) is 0 Å². The maximum absolute atomic E-state index is 13.1. The van der Waals surface area contributed by atoms with E-state index >= 15 is 0 Å². The quantitative estimate of drug-likeness (QED) is 0.0511. The van der Waals surface area contributed by atoms with Crippen molar-refractivity contribution >= 4 is 11.9 Å². The second-order valence-electron chi connectivity index (χ2n) is 28.1. The molecule has 10 unspecified atom stereocenters. The third-order valence-corrected chi connectivity index (χ3v) is 21.3. The molecule has 0 radical (unpaired) electrons. The molecule has 0 aromatic heterocycles. The van der Waals surface area contributed by atoms with Gasteiger partial charge in [-0.2, -0.15) is 0 Å². The second kappa shape index (κ2) is 32.1.